The quantitative estimate of drug-likeness (QED) is 0.582. The Morgan fingerprint density at radius 3 is 2.89 bits per heavy atom. The summed E-state index contributed by atoms with van der Waals surface area (Å²) in [7, 11) is 1.68. The topological polar surface area (TPSA) is 38.8 Å². The smallest absolute Gasteiger partial charge is 0.265 e. The molecule has 1 saturated heterocycles. The molecule has 0 saturated carbocycles. The molecule has 4 nitrogen and oxygen atoms in total. The van der Waals surface area contributed by atoms with Crippen molar-refractivity contribution in [3.8, 4) is 11.5 Å². The van der Waals surface area contributed by atoms with Crippen LogP contribution in [-0.2, 0) is 4.79 Å². The summed E-state index contributed by atoms with van der Waals surface area (Å²) in [5.41, 5.74) is 0.896. The van der Waals surface area contributed by atoms with Gasteiger partial charge in [0.15, 0.2) is 11.5 Å². The summed E-state index contributed by atoms with van der Waals surface area (Å²) >= 11 is 6.38. The SMILES string of the molecule is CN1C(=O)C(=Cc2ccc3c(c2)OCO3)SC1=S. The van der Waals surface area contributed by atoms with Gasteiger partial charge in [-0.2, -0.15) is 0 Å². The number of thiocarbonyl (C=S) groups is 1. The fourth-order valence-electron chi connectivity index (χ4n) is 1.70. The molecule has 0 aliphatic carbocycles. The third-order valence-corrected chi connectivity index (χ3v) is 4.17. The lowest BCUT2D eigenvalue weighted by Gasteiger charge is -2.03. The number of hydrogen-bond acceptors (Lipinski definition) is 5. The van der Waals surface area contributed by atoms with Crippen molar-refractivity contribution in [3.63, 3.8) is 0 Å². The molecule has 1 amide bonds. The van der Waals surface area contributed by atoms with E-state index in [2.05, 4.69) is 0 Å². The first kappa shape index (κ1) is 11.6. The second kappa shape index (κ2) is 4.29. The molecule has 1 aromatic carbocycles. The minimum Gasteiger partial charge on any atom is -0.454 e. The van der Waals surface area contributed by atoms with Gasteiger partial charge in [0.1, 0.15) is 4.32 Å². The number of thioether (sulfide) groups is 1. The molecule has 0 unspecified atom stereocenters. The lowest BCUT2D eigenvalue weighted by molar-refractivity contribution is -0.121. The number of likely N-dealkylation sites (N-methyl/N-ethyl adjacent to an activating group) is 1. The van der Waals surface area contributed by atoms with Gasteiger partial charge in [0, 0.05) is 7.05 Å². The molecule has 0 atom stereocenters. The van der Waals surface area contributed by atoms with Crippen molar-refractivity contribution in [3.05, 3.63) is 28.7 Å². The van der Waals surface area contributed by atoms with Crippen molar-refractivity contribution in [1.82, 2.24) is 4.90 Å². The molecule has 1 fully saturated rings. The summed E-state index contributed by atoms with van der Waals surface area (Å²) in [6.45, 7) is 0.246. The molecule has 2 heterocycles. The van der Waals surface area contributed by atoms with Crippen LogP contribution in [0.25, 0.3) is 6.08 Å². The Morgan fingerprint density at radius 1 is 1.39 bits per heavy atom. The zero-order valence-corrected chi connectivity index (χ0v) is 11.1. The van der Waals surface area contributed by atoms with Gasteiger partial charge in [-0.15, -0.1) is 0 Å². The Bertz CT molecular complexity index is 583. The van der Waals surface area contributed by atoms with E-state index in [1.165, 1.54) is 16.7 Å². The lowest BCUT2D eigenvalue weighted by atomic mass is 10.2. The molecule has 18 heavy (non-hydrogen) atoms. The predicted octanol–water partition coefficient (Wildman–Crippen LogP) is 2.25. The van der Waals surface area contributed by atoms with Crippen LogP contribution in [0.1, 0.15) is 5.56 Å². The van der Waals surface area contributed by atoms with Crippen LogP contribution in [0, 0.1) is 0 Å². The number of amides is 1. The number of ether oxygens (including phenoxy) is 2. The monoisotopic (exact) mass is 279 g/mol. The Hall–Kier alpha value is -1.53. The van der Waals surface area contributed by atoms with Crippen LogP contribution in [0.2, 0.25) is 0 Å². The van der Waals surface area contributed by atoms with Gasteiger partial charge < -0.3 is 9.47 Å². The Balaban J connectivity index is 1.93. The van der Waals surface area contributed by atoms with Crippen LogP contribution in [0.5, 0.6) is 11.5 Å². The molecule has 0 spiro atoms. The average Bonchev–Trinajstić information content (AvgIpc) is 2.91. The van der Waals surface area contributed by atoms with E-state index in [0.717, 1.165) is 11.3 Å². The summed E-state index contributed by atoms with van der Waals surface area (Å²) in [6.07, 6.45) is 1.81. The van der Waals surface area contributed by atoms with Crippen LogP contribution in [0.4, 0.5) is 0 Å². The largest absolute Gasteiger partial charge is 0.454 e. The molecule has 0 radical (unpaired) electrons. The number of carbonyl (C=O) groups excluding carboxylic acids is 1. The van der Waals surface area contributed by atoms with E-state index in [9.17, 15) is 4.79 Å². The Morgan fingerprint density at radius 2 is 2.17 bits per heavy atom. The minimum atomic E-state index is -0.0670. The fraction of sp³-hybridized carbons (Fsp3) is 0.167. The minimum absolute atomic E-state index is 0.0670. The van der Waals surface area contributed by atoms with E-state index in [1.54, 1.807) is 7.05 Å². The van der Waals surface area contributed by atoms with Gasteiger partial charge in [-0.05, 0) is 23.8 Å². The van der Waals surface area contributed by atoms with Gasteiger partial charge in [-0.3, -0.25) is 9.69 Å². The van der Waals surface area contributed by atoms with Gasteiger partial charge in [0.2, 0.25) is 6.79 Å². The Labute approximate surface area is 114 Å². The predicted molar refractivity (Wildman–Crippen MR) is 73.5 cm³/mol. The van der Waals surface area contributed by atoms with Crippen LogP contribution < -0.4 is 9.47 Å². The molecule has 0 N–H and O–H groups in total. The number of carbonyl (C=O) groups is 1. The van der Waals surface area contributed by atoms with E-state index in [-0.39, 0.29) is 12.7 Å². The fourth-order valence-corrected chi connectivity index (χ4v) is 2.88. The maximum Gasteiger partial charge on any atom is 0.265 e. The van der Waals surface area contributed by atoms with Crippen molar-refractivity contribution in [2.24, 2.45) is 0 Å². The van der Waals surface area contributed by atoms with Crippen LogP contribution in [0.15, 0.2) is 23.1 Å². The summed E-state index contributed by atoms with van der Waals surface area (Å²) in [5.74, 6) is 1.37. The zero-order chi connectivity index (χ0) is 12.7. The van der Waals surface area contributed by atoms with E-state index in [1.807, 2.05) is 24.3 Å². The van der Waals surface area contributed by atoms with E-state index < -0.39 is 0 Å². The summed E-state index contributed by atoms with van der Waals surface area (Å²) in [6, 6.07) is 5.57. The highest BCUT2D eigenvalue weighted by Gasteiger charge is 2.28. The second-order valence-corrected chi connectivity index (χ2v) is 5.53. The third kappa shape index (κ3) is 1.87. The average molecular weight is 279 g/mol. The van der Waals surface area contributed by atoms with E-state index >= 15 is 0 Å². The summed E-state index contributed by atoms with van der Waals surface area (Å²) < 4.78 is 11.1. The second-order valence-electron chi connectivity index (χ2n) is 3.85. The molecule has 0 aromatic heterocycles. The van der Waals surface area contributed by atoms with Gasteiger partial charge in [-0.25, -0.2) is 0 Å². The number of nitrogens with zero attached hydrogens (tertiary/aromatic N) is 1. The van der Waals surface area contributed by atoms with Crippen LogP contribution in [0.3, 0.4) is 0 Å². The molecular weight excluding hydrogens is 270 g/mol. The highest BCUT2D eigenvalue weighted by atomic mass is 32.2. The molecule has 3 rings (SSSR count). The number of benzene rings is 1. The molecule has 0 bridgehead atoms. The molecule has 1 aromatic rings. The Kier molecular flexibility index (Phi) is 2.76. The highest BCUT2D eigenvalue weighted by molar-refractivity contribution is 8.26. The highest BCUT2D eigenvalue weighted by Crippen LogP contribution is 2.35. The van der Waals surface area contributed by atoms with Crippen molar-refractivity contribution in [2.45, 2.75) is 0 Å². The van der Waals surface area contributed by atoms with Gasteiger partial charge in [0.25, 0.3) is 5.91 Å². The van der Waals surface area contributed by atoms with Gasteiger partial charge >= 0.3 is 0 Å². The zero-order valence-electron chi connectivity index (χ0n) is 9.50. The molecule has 92 valence electrons. The normalized spacial score (nSPS) is 20.1. The lowest BCUT2D eigenvalue weighted by Crippen LogP contribution is -2.22. The van der Waals surface area contributed by atoms with Crippen LogP contribution in [-0.4, -0.2) is 29.0 Å². The van der Waals surface area contributed by atoms with Gasteiger partial charge in [-0.1, -0.05) is 30.0 Å². The number of hydrogen-bond donors (Lipinski definition) is 0. The standard InChI is InChI=1S/C12H9NO3S2/c1-13-11(14)10(18-12(13)17)5-7-2-3-8-9(4-7)16-6-15-8/h2-5H,6H2,1H3. The first-order valence-corrected chi connectivity index (χ1v) is 6.49. The van der Waals surface area contributed by atoms with E-state index in [0.29, 0.717) is 15.0 Å². The van der Waals surface area contributed by atoms with Crippen LogP contribution >= 0.6 is 24.0 Å². The summed E-state index contributed by atoms with van der Waals surface area (Å²) in [4.78, 5) is 13.9. The molecular formula is C12H9NO3S2. The maximum absolute atomic E-state index is 11.8. The summed E-state index contributed by atoms with van der Waals surface area (Å²) in [5, 5.41) is 0. The van der Waals surface area contributed by atoms with Crippen molar-refractivity contribution in [1.29, 1.82) is 0 Å². The third-order valence-electron chi connectivity index (χ3n) is 2.68. The molecule has 6 heteroatoms. The van der Waals surface area contributed by atoms with E-state index in [4.69, 9.17) is 21.7 Å². The van der Waals surface area contributed by atoms with Crippen molar-refractivity contribution >= 4 is 40.3 Å². The first-order valence-electron chi connectivity index (χ1n) is 5.26. The number of fused-ring (bicyclic) bond motifs is 1. The maximum atomic E-state index is 11.8. The van der Waals surface area contributed by atoms with Crippen molar-refractivity contribution < 1.29 is 14.3 Å². The molecule has 2 aliphatic rings. The first-order chi connectivity index (χ1) is 8.65. The van der Waals surface area contributed by atoms with Gasteiger partial charge in [0.05, 0.1) is 4.91 Å². The number of rotatable bonds is 1. The molecule has 2 aliphatic heterocycles. The van der Waals surface area contributed by atoms with Crippen molar-refractivity contribution in [2.75, 3.05) is 13.8 Å².